The van der Waals surface area contributed by atoms with Crippen LogP contribution in [-0.4, -0.2) is 23.2 Å². The van der Waals surface area contributed by atoms with E-state index in [1.165, 1.54) is 11.8 Å². The van der Waals surface area contributed by atoms with Crippen LogP contribution in [0.1, 0.15) is 5.56 Å². The van der Waals surface area contributed by atoms with Gasteiger partial charge in [0, 0.05) is 16.3 Å². The highest BCUT2D eigenvalue weighted by molar-refractivity contribution is 8.14. The third kappa shape index (κ3) is 2.66. The maximum atomic E-state index is 9.13. The second-order valence-corrected chi connectivity index (χ2v) is 5.84. The number of benzene rings is 2. The first-order valence-corrected chi connectivity index (χ1v) is 7.65. The summed E-state index contributed by atoms with van der Waals surface area (Å²) in [6.07, 6.45) is 0. The lowest BCUT2D eigenvalue weighted by Crippen LogP contribution is -2.24. The van der Waals surface area contributed by atoms with Crippen LogP contribution in [0.4, 0.5) is 11.4 Å². The van der Waals surface area contributed by atoms with Crippen molar-refractivity contribution in [2.75, 3.05) is 17.9 Å². The van der Waals surface area contributed by atoms with Gasteiger partial charge in [0.15, 0.2) is 0 Å². The number of halogens is 1. The molecular weight excluding hydrogens is 308 g/mol. The smallest absolute Gasteiger partial charge is 0.146 e. The maximum absolute atomic E-state index is 9.13. The van der Waals surface area contributed by atoms with Crippen LogP contribution in [0.5, 0.6) is 5.75 Å². The van der Waals surface area contributed by atoms with E-state index in [1.807, 2.05) is 36.4 Å². The third-order valence-electron chi connectivity index (χ3n) is 3.29. The topological polar surface area (TPSA) is 45.1 Å². The van der Waals surface area contributed by atoms with Crippen molar-refractivity contribution in [2.24, 2.45) is 5.16 Å². The van der Waals surface area contributed by atoms with Crippen LogP contribution in [0, 0.1) is 0 Å². The summed E-state index contributed by atoms with van der Waals surface area (Å²) >= 11 is 7.59. The van der Waals surface area contributed by atoms with E-state index < -0.39 is 0 Å². The molecule has 1 aliphatic heterocycles. The van der Waals surface area contributed by atoms with Crippen molar-refractivity contribution in [2.45, 2.75) is 0 Å². The van der Waals surface area contributed by atoms with Crippen LogP contribution in [0.2, 0.25) is 5.02 Å². The molecule has 0 saturated carbocycles. The van der Waals surface area contributed by atoms with E-state index in [0.717, 1.165) is 22.7 Å². The first-order valence-electron chi connectivity index (χ1n) is 6.29. The van der Waals surface area contributed by atoms with Crippen molar-refractivity contribution in [3.05, 3.63) is 53.1 Å². The van der Waals surface area contributed by atoms with Gasteiger partial charge in [0.2, 0.25) is 0 Å². The van der Waals surface area contributed by atoms with Gasteiger partial charge in [-0.1, -0.05) is 28.5 Å². The van der Waals surface area contributed by atoms with E-state index in [9.17, 15) is 0 Å². The van der Waals surface area contributed by atoms with E-state index in [2.05, 4.69) is 10.1 Å². The second-order valence-electron chi connectivity index (χ2n) is 4.47. The largest absolute Gasteiger partial charge is 0.497 e. The van der Waals surface area contributed by atoms with Gasteiger partial charge < -0.3 is 14.8 Å². The molecule has 0 amide bonds. The number of nitrogens with zero attached hydrogens (tertiary/aromatic N) is 2. The summed E-state index contributed by atoms with van der Waals surface area (Å²) in [6.45, 7) is 0. The van der Waals surface area contributed by atoms with E-state index in [4.69, 9.17) is 21.5 Å². The lowest BCUT2D eigenvalue weighted by molar-refractivity contribution is 0.321. The predicted octanol–water partition coefficient (Wildman–Crippen LogP) is 4.33. The SMILES string of the molecule is COc1ccc(N2CS/C(=N\O)c3ccc(Cl)cc32)cc1. The number of hydrogen-bond acceptors (Lipinski definition) is 5. The molecule has 6 heteroatoms. The van der Waals surface area contributed by atoms with Gasteiger partial charge in [-0.25, -0.2) is 0 Å². The Bertz CT molecular complexity index is 689. The molecule has 0 aromatic heterocycles. The summed E-state index contributed by atoms with van der Waals surface area (Å²) in [5.41, 5.74) is 2.83. The second kappa shape index (κ2) is 5.87. The van der Waals surface area contributed by atoms with Crippen LogP contribution in [-0.2, 0) is 0 Å². The summed E-state index contributed by atoms with van der Waals surface area (Å²) in [7, 11) is 1.64. The molecule has 3 rings (SSSR count). The molecule has 2 aromatic carbocycles. The van der Waals surface area contributed by atoms with Gasteiger partial charge in [0.1, 0.15) is 10.8 Å². The summed E-state index contributed by atoms with van der Waals surface area (Å²) < 4.78 is 5.18. The van der Waals surface area contributed by atoms with Crippen LogP contribution in [0.15, 0.2) is 47.6 Å². The van der Waals surface area contributed by atoms with Gasteiger partial charge in [-0.3, -0.25) is 0 Å². The lowest BCUT2D eigenvalue weighted by atomic mass is 10.1. The summed E-state index contributed by atoms with van der Waals surface area (Å²) in [4.78, 5) is 2.12. The van der Waals surface area contributed by atoms with E-state index in [-0.39, 0.29) is 0 Å². The first kappa shape index (κ1) is 14.1. The summed E-state index contributed by atoms with van der Waals surface area (Å²) in [5.74, 6) is 1.46. The quantitative estimate of drug-likeness (QED) is 0.661. The van der Waals surface area contributed by atoms with Crippen LogP contribution in [0.25, 0.3) is 0 Å². The highest BCUT2D eigenvalue weighted by atomic mass is 35.5. The average Bonchev–Trinajstić information content (AvgIpc) is 2.53. The Morgan fingerprint density at radius 3 is 2.67 bits per heavy atom. The van der Waals surface area contributed by atoms with Gasteiger partial charge in [-0.15, -0.1) is 0 Å². The Balaban J connectivity index is 2.06. The Kier molecular flexibility index (Phi) is 3.94. The zero-order chi connectivity index (χ0) is 14.8. The van der Waals surface area contributed by atoms with Gasteiger partial charge >= 0.3 is 0 Å². The molecule has 0 saturated heterocycles. The van der Waals surface area contributed by atoms with Gasteiger partial charge in [-0.2, -0.15) is 0 Å². The number of oxime groups is 1. The Morgan fingerprint density at radius 2 is 2.00 bits per heavy atom. The van der Waals surface area contributed by atoms with E-state index >= 15 is 0 Å². The van der Waals surface area contributed by atoms with Gasteiger partial charge in [0.25, 0.3) is 0 Å². The summed E-state index contributed by atoms with van der Waals surface area (Å²) in [6, 6.07) is 13.4. The molecule has 1 N–H and O–H groups in total. The third-order valence-corrected chi connectivity index (χ3v) is 4.48. The first-order chi connectivity index (χ1) is 10.2. The van der Waals surface area contributed by atoms with Crippen molar-refractivity contribution in [3.8, 4) is 5.75 Å². The predicted molar refractivity (Wildman–Crippen MR) is 87.4 cm³/mol. The molecule has 21 heavy (non-hydrogen) atoms. The number of thioether (sulfide) groups is 1. The normalized spacial score (nSPS) is 15.9. The fraction of sp³-hybridized carbons (Fsp3) is 0.133. The van der Waals surface area contributed by atoms with Gasteiger partial charge in [0.05, 0.1) is 18.7 Å². The highest BCUT2D eigenvalue weighted by Gasteiger charge is 2.24. The standard InChI is InChI=1S/C15H13ClN2O2S/c1-20-12-5-3-11(4-6-12)18-9-21-15(17-19)13-7-2-10(16)8-14(13)18/h2-8,19H,9H2,1H3/b17-15-. The zero-order valence-corrected chi connectivity index (χ0v) is 12.9. The Hall–Kier alpha value is -1.85. The van der Waals surface area contributed by atoms with E-state index in [1.54, 1.807) is 13.2 Å². The average molecular weight is 321 g/mol. The highest BCUT2D eigenvalue weighted by Crippen LogP contribution is 2.39. The minimum Gasteiger partial charge on any atom is -0.497 e. The lowest BCUT2D eigenvalue weighted by Gasteiger charge is -2.31. The molecule has 0 unspecified atom stereocenters. The molecule has 0 radical (unpaired) electrons. The molecule has 0 spiro atoms. The molecule has 2 aromatic rings. The molecule has 0 bridgehead atoms. The minimum absolute atomic E-state index is 0.603. The zero-order valence-electron chi connectivity index (χ0n) is 11.3. The molecule has 1 heterocycles. The maximum Gasteiger partial charge on any atom is 0.146 e. The Morgan fingerprint density at radius 1 is 1.24 bits per heavy atom. The van der Waals surface area contributed by atoms with Crippen molar-refractivity contribution in [3.63, 3.8) is 0 Å². The minimum atomic E-state index is 0.603. The van der Waals surface area contributed by atoms with Crippen molar-refractivity contribution < 1.29 is 9.94 Å². The molecular formula is C15H13ClN2O2S. The number of methoxy groups -OCH3 is 1. The molecule has 4 nitrogen and oxygen atoms in total. The number of anilines is 2. The van der Waals surface area contributed by atoms with Crippen molar-refractivity contribution in [1.29, 1.82) is 0 Å². The number of hydrogen-bond donors (Lipinski definition) is 1. The monoisotopic (exact) mass is 320 g/mol. The van der Waals surface area contributed by atoms with Crippen LogP contribution >= 0.6 is 23.4 Å². The van der Waals surface area contributed by atoms with Gasteiger partial charge in [-0.05, 0) is 42.5 Å². The number of fused-ring (bicyclic) bond motifs is 1. The van der Waals surface area contributed by atoms with E-state index in [0.29, 0.717) is 15.9 Å². The number of rotatable bonds is 2. The fourth-order valence-corrected chi connectivity index (χ4v) is 3.33. The van der Waals surface area contributed by atoms with Crippen LogP contribution < -0.4 is 9.64 Å². The van der Waals surface area contributed by atoms with Crippen molar-refractivity contribution in [1.82, 2.24) is 0 Å². The molecule has 0 aliphatic carbocycles. The molecule has 1 aliphatic rings. The van der Waals surface area contributed by atoms with Crippen LogP contribution in [0.3, 0.4) is 0 Å². The number of ether oxygens (including phenoxy) is 1. The molecule has 0 fully saturated rings. The molecule has 0 atom stereocenters. The fourth-order valence-electron chi connectivity index (χ4n) is 2.24. The van der Waals surface area contributed by atoms with Crippen molar-refractivity contribution >= 4 is 39.8 Å². The summed E-state index contributed by atoms with van der Waals surface area (Å²) in [5, 5.41) is 13.7. The molecule has 108 valence electrons. The Labute approximate surface area is 132 Å².